The molecule has 1 aliphatic heterocycles. The van der Waals surface area contributed by atoms with E-state index < -0.39 is 0 Å². The van der Waals surface area contributed by atoms with Crippen LogP contribution in [0.2, 0.25) is 10.0 Å². The van der Waals surface area contributed by atoms with Crippen molar-refractivity contribution in [1.29, 1.82) is 0 Å². The number of thioether (sulfide) groups is 1. The second-order valence-electron chi connectivity index (χ2n) is 8.49. The molecule has 38 heavy (non-hydrogen) atoms. The van der Waals surface area contributed by atoms with Gasteiger partial charge in [-0.3, -0.25) is 9.69 Å². The Balaban J connectivity index is 1.43. The summed E-state index contributed by atoms with van der Waals surface area (Å²) in [6.45, 7) is 4.13. The molecule has 0 saturated carbocycles. The van der Waals surface area contributed by atoms with E-state index in [4.69, 9.17) is 28.3 Å². The molecule has 0 aliphatic carbocycles. The van der Waals surface area contributed by atoms with Gasteiger partial charge in [-0.15, -0.1) is 11.7 Å². The summed E-state index contributed by atoms with van der Waals surface area (Å²) >= 11 is 13.7. The first-order valence-corrected chi connectivity index (χ1v) is 13.5. The number of nitrogens with zero attached hydrogens (tertiary/aromatic N) is 5. The van der Waals surface area contributed by atoms with Gasteiger partial charge in [0.15, 0.2) is 5.17 Å². The standard InChI is InChI=1S/C29H23Cl2N5OS/c1-2-15-35-28(37)26(16-21-13-14-23(30)17-25(21)31)38-29(35)33-32-18-22-19-36(24-11-7-4-8-12-24)34-27(22)20-9-5-3-6-10-20/h2-14,17-19,26H,1,15-16H2. The van der Waals surface area contributed by atoms with Gasteiger partial charge >= 0.3 is 0 Å². The Kier molecular flexibility index (Phi) is 8.08. The average molecular weight is 561 g/mol. The van der Waals surface area contributed by atoms with Crippen molar-refractivity contribution in [2.24, 2.45) is 10.2 Å². The third kappa shape index (κ3) is 5.75. The van der Waals surface area contributed by atoms with Gasteiger partial charge in [-0.2, -0.15) is 10.2 Å². The smallest absolute Gasteiger partial charge is 0.242 e. The first-order valence-electron chi connectivity index (χ1n) is 11.9. The minimum Gasteiger partial charge on any atom is -0.285 e. The molecular formula is C29H23Cl2N5OS. The summed E-state index contributed by atoms with van der Waals surface area (Å²) in [5, 5.41) is 14.8. The maximum Gasteiger partial charge on any atom is 0.242 e. The van der Waals surface area contributed by atoms with Crippen molar-refractivity contribution in [2.75, 3.05) is 6.54 Å². The third-order valence-corrected chi connectivity index (χ3v) is 7.66. The predicted molar refractivity (Wildman–Crippen MR) is 157 cm³/mol. The molecule has 9 heteroatoms. The number of carbonyl (C=O) groups is 1. The highest BCUT2D eigenvalue weighted by Crippen LogP contribution is 2.32. The Bertz CT molecular complexity index is 1520. The van der Waals surface area contributed by atoms with Crippen LogP contribution in [0.3, 0.4) is 0 Å². The van der Waals surface area contributed by atoms with E-state index in [2.05, 4.69) is 16.8 Å². The van der Waals surface area contributed by atoms with E-state index in [-0.39, 0.29) is 11.2 Å². The van der Waals surface area contributed by atoms with Gasteiger partial charge in [-0.05, 0) is 36.2 Å². The maximum absolute atomic E-state index is 13.2. The molecule has 190 valence electrons. The number of halogens is 2. The first-order chi connectivity index (χ1) is 18.5. The van der Waals surface area contributed by atoms with Crippen molar-refractivity contribution < 1.29 is 4.79 Å². The Morgan fingerprint density at radius 2 is 1.76 bits per heavy atom. The normalized spacial score (nSPS) is 16.6. The first kappa shape index (κ1) is 26.0. The fourth-order valence-corrected chi connectivity index (χ4v) is 5.67. The molecule has 0 N–H and O–H groups in total. The minimum atomic E-state index is -0.372. The van der Waals surface area contributed by atoms with Crippen LogP contribution >= 0.6 is 35.0 Å². The summed E-state index contributed by atoms with van der Waals surface area (Å²) in [6, 6.07) is 25.1. The molecule has 1 aliphatic rings. The van der Waals surface area contributed by atoms with Crippen LogP contribution in [-0.4, -0.2) is 43.8 Å². The van der Waals surface area contributed by atoms with Crippen LogP contribution in [0.1, 0.15) is 11.1 Å². The van der Waals surface area contributed by atoms with Crippen molar-refractivity contribution in [3.63, 3.8) is 0 Å². The van der Waals surface area contributed by atoms with Crippen molar-refractivity contribution in [2.45, 2.75) is 11.7 Å². The Morgan fingerprint density at radius 1 is 1.03 bits per heavy atom. The SMILES string of the molecule is C=CCN1C(=O)C(Cc2ccc(Cl)cc2Cl)SC1=NN=Cc1cn(-c2ccccc2)nc1-c1ccccc1. The van der Waals surface area contributed by atoms with Crippen LogP contribution in [0.5, 0.6) is 0 Å². The van der Waals surface area contributed by atoms with Crippen LogP contribution in [0.4, 0.5) is 0 Å². The molecular weight excluding hydrogens is 537 g/mol. The topological polar surface area (TPSA) is 62.9 Å². The number of para-hydroxylation sites is 1. The molecule has 1 aromatic heterocycles. The van der Waals surface area contributed by atoms with Crippen molar-refractivity contribution in [3.05, 3.63) is 119 Å². The molecule has 0 bridgehead atoms. The second-order valence-corrected chi connectivity index (χ2v) is 10.5. The summed E-state index contributed by atoms with van der Waals surface area (Å²) in [6.07, 6.45) is 5.72. The zero-order valence-corrected chi connectivity index (χ0v) is 22.6. The summed E-state index contributed by atoms with van der Waals surface area (Å²) in [7, 11) is 0. The zero-order chi connectivity index (χ0) is 26.5. The molecule has 1 amide bonds. The van der Waals surface area contributed by atoms with Gasteiger partial charge in [-0.25, -0.2) is 4.68 Å². The van der Waals surface area contributed by atoms with Gasteiger partial charge < -0.3 is 0 Å². The van der Waals surface area contributed by atoms with Gasteiger partial charge in [0.25, 0.3) is 0 Å². The highest BCUT2D eigenvalue weighted by Gasteiger charge is 2.37. The quantitative estimate of drug-likeness (QED) is 0.134. The molecule has 1 fully saturated rings. The number of hydrogen-bond acceptors (Lipinski definition) is 5. The van der Waals surface area contributed by atoms with Gasteiger partial charge in [-0.1, -0.05) is 95.6 Å². The highest BCUT2D eigenvalue weighted by atomic mass is 35.5. The highest BCUT2D eigenvalue weighted by molar-refractivity contribution is 8.15. The number of hydrogen-bond donors (Lipinski definition) is 0. The van der Waals surface area contributed by atoms with E-state index >= 15 is 0 Å². The van der Waals surface area contributed by atoms with Crippen molar-refractivity contribution in [3.8, 4) is 16.9 Å². The molecule has 1 unspecified atom stereocenters. The maximum atomic E-state index is 13.2. The monoisotopic (exact) mass is 559 g/mol. The summed E-state index contributed by atoms with van der Waals surface area (Å²) in [5.41, 5.74) is 4.35. The van der Waals surface area contributed by atoms with Crippen LogP contribution < -0.4 is 0 Å². The molecule has 1 atom stereocenters. The van der Waals surface area contributed by atoms with Crippen LogP contribution in [0.15, 0.2) is 108 Å². The Morgan fingerprint density at radius 3 is 2.47 bits per heavy atom. The van der Waals surface area contributed by atoms with E-state index in [0.29, 0.717) is 28.2 Å². The molecule has 5 rings (SSSR count). The van der Waals surface area contributed by atoms with Gasteiger partial charge in [0.1, 0.15) is 5.69 Å². The van der Waals surface area contributed by atoms with E-state index in [0.717, 1.165) is 28.1 Å². The minimum absolute atomic E-state index is 0.0586. The number of amidine groups is 1. The zero-order valence-electron chi connectivity index (χ0n) is 20.2. The van der Waals surface area contributed by atoms with Crippen molar-refractivity contribution >= 4 is 52.3 Å². The Hall–Kier alpha value is -3.65. The van der Waals surface area contributed by atoms with Gasteiger partial charge in [0, 0.05) is 33.9 Å². The Labute approximate surface area is 235 Å². The lowest BCUT2D eigenvalue weighted by Crippen LogP contribution is -2.32. The lowest BCUT2D eigenvalue weighted by molar-refractivity contribution is -0.125. The summed E-state index contributed by atoms with van der Waals surface area (Å²) in [5.74, 6) is -0.0586. The largest absolute Gasteiger partial charge is 0.285 e. The molecule has 2 heterocycles. The van der Waals surface area contributed by atoms with Crippen LogP contribution in [0, 0.1) is 0 Å². The fraction of sp³-hybridized carbons (Fsp3) is 0.103. The number of benzene rings is 3. The molecule has 0 radical (unpaired) electrons. The van der Waals surface area contributed by atoms with Crippen LogP contribution in [0.25, 0.3) is 16.9 Å². The fourth-order valence-electron chi connectivity index (χ4n) is 4.06. The summed E-state index contributed by atoms with van der Waals surface area (Å²) < 4.78 is 1.82. The van der Waals surface area contributed by atoms with Crippen LogP contribution in [-0.2, 0) is 11.2 Å². The molecule has 6 nitrogen and oxygen atoms in total. The number of aromatic nitrogens is 2. The van der Waals surface area contributed by atoms with E-state index in [1.54, 1.807) is 29.3 Å². The molecule has 0 spiro atoms. The summed E-state index contributed by atoms with van der Waals surface area (Å²) in [4.78, 5) is 14.8. The molecule has 3 aromatic carbocycles. The third-order valence-electron chi connectivity index (χ3n) is 5.90. The van der Waals surface area contributed by atoms with Gasteiger partial charge in [0.05, 0.1) is 17.2 Å². The second kappa shape index (κ2) is 11.8. The van der Waals surface area contributed by atoms with E-state index in [1.165, 1.54) is 11.8 Å². The molecule has 4 aromatic rings. The number of amides is 1. The van der Waals surface area contributed by atoms with E-state index in [1.807, 2.05) is 77.6 Å². The number of carbonyl (C=O) groups excluding carboxylic acids is 1. The van der Waals surface area contributed by atoms with E-state index in [9.17, 15) is 4.79 Å². The lowest BCUT2D eigenvalue weighted by Gasteiger charge is -2.13. The number of rotatable bonds is 8. The van der Waals surface area contributed by atoms with Crippen molar-refractivity contribution in [1.82, 2.24) is 14.7 Å². The predicted octanol–water partition coefficient (Wildman–Crippen LogP) is 6.91. The van der Waals surface area contributed by atoms with Gasteiger partial charge in [0.2, 0.25) is 5.91 Å². The molecule has 1 saturated heterocycles. The average Bonchev–Trinajstić information content (AvgIpc) is 3.49. The lowest BCUT2D eigenvalue weighted by atomic mass is 10.1.